The molecule has 2 saturated heterocycles. The smallest absolute Gasteiger partial charge is 0.253 e. The van der Waals surface area contributed by atoms with Crippen LogP contribution in [0.3, 0.4) is 0 Å². The average molecular weight is 424 g/mol. The summed E-state index contributed by atoms with van der Waals surface area (Å²) in [6.07, 6.45) is 7.56. The normalized spacial score (nSPS) is 20.4. The van der Waals surface area contributed by atoms with Gasteiger partial charge in [0.15, 0.2) is 0 Å². The van der Waals surface area contributed by atoms with Crippen molar-refractivity contribution in [2.45, 2.75) is 50.9 Å². The zero-order chi connectivity index (χ0) is 21.5. The number of carbonyl (C=O) groups excluding carboxylic acids is 1. The molecule has 1 aromatic carbocycles. The van der Waals surface area contributed by atoms with E-state index in [1.165, 1.54) is 6.42 Å². The van der Waals surface area contributed by atoms with Crippen LogP contribution in [0.5, 0.6) is 5.75 Å². The van der Waals surface area contributed by atoms with Gasteiger partial charge in [0.2, 0.25) is 0 Å². The first kappa shape index (κ1) is 21.8. The number of rotatable bonds is 7. The van der Waals surface area contributed by atoms with E-state index in [1.54, 1.807) is 4.90 Å². The van der Waals surface area contributed by atoms with Gasteiger partial charge in [-0.05, 0) is 68.5 Å². The van der Waals surface area contributed by atoms with Gasteiger partial charge in [0.1, 0.15) is 11.9 Å². The van der Waals surface area contributed by atoms with E-state index in [9.17, 15) is 4.79 Å². The Bertz CT molecular complexity index is 814. The lowest BCUT2D eigenvalue weighted by Crippen LogP contribution is -2.38. The highest BCUT2D eigenvalue weighted by Gasteiger charge is 2.22. The Morgan fingerprint density at radius 1 is 1.13 bits per heavy atom. The van der Waals surface area contributed by atoms with Crippen LogP contribution >= 0.6 is 0 Å². The summed E-state index contributed by atoms with van der Waals surface area (Å²) in [6, 6.07) is 13.6. The predicted octanol–water partition coefficient (Wildman–Crippen LogP) is 3.77. The first-order chi connectivity index (χ1) is 15.2. The SMILES string of the molecule is CN(CC1CCCCO1)C(=O)c1ccc(OC2CCN(Cc3ccccn3)CC2)cc1. The van der Waals surface area contributed by atoms with E-state index in [2.05, 4.69) is 16.0 Å². The molecule has 0 aliphatic carbocycles. The zero-order valence-corrected chi connectivity index (χ0v) is 18.4. The highest BCUT2D eigenvalue weighted by Crippen LogP contribution is 2.21. The first-order valence-corrected chi connectivity index (χ1v) is 11.4. The fraction of sp³-hybridized carbons (Fsp3) is 0.520. The summed E-state index contributed by atoms with van der Waals surface area (Å²) in [4.78, 5) is 21.3. The number of pyridine rings is 1. The lowest BCUT2D eigenvalue weighted by molar-refractivity contribution is -0.000189. The van der Waals surface area contributed by atoms with E-state index in [-0.39, 0.29) is 18.1 Å². The molecule has 3 heterocycles. The van der Waals surface area contributed by atoms with E-state index < -0.39 is 0 Å². The van der Waals surface area contributed by atoms with Crippen molar-refractivity contribution >= 4 is 5.91 Å². The molecule has 1 aromatic heterocycles. The van der Waals surface area contributed by atoms with Crippen molar-refractivity contribution < 1.29 is 14.3 Å². The first-order valence-electron chi connectivity index (χ1n) is 11.4. The number of aromatic nitrogens is 1. The lowest BCUT2D eigenvalue weighted by Gasteiger charge is -2.32. The van der Waals surface area contributed by atoms with Crippen LogP contribution in [-0.4, -0.2) is 66.2 Å². The van der Waals surface area contributed by atoms with Gasteiger partial charge >= 0.3 is 0 Å². The molecule has 1 atom stereocenters. The average Bonchev–Trinajstić information content (AvgIpc) is 2.82. The third kappa shape index (κ3) is 6.28. The number of carbonyl (C=O) groups is 1. The maximum absolute atomic E-state index is 12.7. The molecule has 2 aliphatic heterocycles. The summed E-state index contributed by atoms with van der Waals surface area (Å²) in [5.41, 5.74) is 1.80. The molecule has 1 amide bonds. The molecule has 0 saturated carbocycles. The minimum atomic E-state index is 0.0311. The van der Waals surface area contributed by atoms with Gasteiger partial charge in [0.05, 0.1) is 11.8 Å². The molecular formula is C25H33N3O3. The highest BCUT2D eigenvalue weighted by atomic mass is 16.5. The van der Waals surface area contributed by atoms with Crippen LogP contribution in [0.2, 0.25) is 0 Å². The Morgan fingerprint density at radius 2 is 1.94 bits per heavy atom. The number of likely N-dealkylation sites (N-methyl/N-ethyl adjacent to an activating group) is 1. The Morgan fingerprint density at radius 3 is 2.61 bits per heavy atom. The predicted molar refractivity (Wildman–Crippen MR) is 120 cm³/mol. The number of ether oxygens (including phenoxy) is 2. The second-order valence-electron chi connectivity index (χ2n) is 8.61. The quantitative estimate of drug-likeness (QED) is 0.679. The Balaban J connectivity index is 1.22. The van der Waals surface area contributed by atoms with Crippen molar-refractivity contribution in [2.75, 3.05) is 33.3 Å². The van der Waals surface area contributed by atoms with Gasteiger partial charge < -0.3 is 14.4 Å². The summed E-state index contributed by atoms with van der Waals surface area (Å²) in [5.74, 6) is 0.863. The molecule has 1 unspecified atom stereocenters. The molecule has 6 heteroatoms. The summed E-state index contributed by atoms with van der Waals surface area (Å²) >= 11 is 0. The minimum absolute atomic E-state index is 0.0311. The van der Waals surface area contributed by atoms with Crippen LogP contribution in [0.15, 0.2) is 48.7 Å². The van der Waals surface area contributed by atoms with Crippen molar-refractivity contribution in [2.24, 2.45) is 0 Å². The molecule has 0 N–H and O–H groups in total. The molecule has 4 rings (SSSR count). The molecule has 0 radical (unpaired) electrons. The summed E-state index contributed by atoms with van der Waals surface area (Å²) < 4.78 is 11.9. The molecule has 2 aromatic rings. The fourth-order valence-corrected chi connectivity index (χ4v) is 4.33. The van der Waals surface area contributed by atoms with Gasteiger partial charge in [-0.3, -0.25) is 14.7 Å². The number of amides is 1. The van der Waals surface area contributed by atoms with Gasteiger partial charge in [0, 0.05) is 51.6 Å². The number of hydrogen-bond donors (Lipinski definition) is 0. The number of likely N-dealkylation sites (tertiary alicyclic amines) is 1. The largest absolute Gasteiger partial charge is 0.490 e. The number of hydrogen-bond acceptors (Lipinski definition) is 5. The Hall–Kier alpha value is -2.44. The minimum Gasteiger partial charge on any atom is -0.490 e. The molecule has 2 fully saturated rings. The Labute approximate surface area is 185 Å². The number of piperidine rings is 1. The molecule has 6 nitrogen and oxygen atoms in total. The van der Waals surface area contributed by atoms with E-state index in [0.29, 0.717) is 12.1 Å². The van der Waals surface area contributed by atoms with Gasteiger partial charge in [-0.25, -0.2) is 0 Å². The second-order valence-corrected chi connectivity index (χ2v) is 8.61. The van der Waals surface area contributed by atoms with E-state index in [1.807, 2.05) is 49.6 Å². The fourth-order valence-electron chi connectivity index (χ4n) is 4.33. The highest BCUT2D eigenvalue weighted by molar-refractivity contribution is 5.94. The molecule has 31 heavy (non-hydrogen) atoms. The van der Waals surface area contributed by atoms with E-state index in [0.717, 1.165) is 63.4 Å². The van der Waals surface area contributed by atoms with Crippen molar-refractivity contribution in [1.29, 1.82) is 0 Å². The van der Waals surface area contributed by atoms with Crippen molar-refractivity contribution in [3.05, 3.63) is 59.9 Å². The maximum Gasteiger partial charge on any atom is 0.253 e. The van der Waals surface area contributed by atoms with Gasteiger partial charge in [-0.2, -0.15) is 0 Å². The zero-order valence-electron chi connectivity index (χ0n) is 18.4. The van der Waals surface area contributed by atoms with Crippen molar-refractivity contribution in [1.82, 2.24) is 14.8 Å². The summed E-state index contributed by atoms with van der Waals surface area (Å²) in [5, 5.41) is 0. The van der Waals surface area contributed by atoms with Crippen molar-refractivity contribution in [3.63, 3.8) is 0 Å². The number of nitrogens with zero attached hydrogens (tertiary/aromatic N) is 3. The number of benzene rings is 1. The Kier molecular flexibility index (Phi) is 7.54. The second kappa shape index (κ2) is 10.7. The van der Waals surface area contributed by atoms with Crippen LogP contribution in [0.25, 0.3) is 0 Å². The maximum atomic E-state index is 12.7. The van der Waals surface area contributed by atoms with Crippen LogP contribution in [0, 0.1) is 0 Å². The van der Waals surface area contributed by atoms with Gasteiger partial charge in [-0.15, -0.1) is 0 Å². The van der Waals surface area contributed by atoms with E-state index in [4.69, 9.17) is 9.47 Å². The van der Waals surface area contributed by atoms with Crippen LogP contribution < -0.4 is 4.74 Å². The topological polar surface area (TPSA) is 54.9 Å². The van der Waals surface area contributed by atoms with Gasteiger partial charge in [-0.1, -0.05) is 6.07 Å². The standard InChI is InChI=1S/C25H33N3O3/c1-27(19-24-7-3-5-17-30-24)25(29)20-8-10-22(11-9-20)31-23-12-15-28(16-13-23)18-21-6-2-4-14-26-21/h2,4,6,8-11,14,23-24H,3,5,7,12-13,15-19H2,1H3. The van der Waals surface area contributed by atoms with Crippen LogP contribution in [-0.2, 0) is 11.3 Å². The van der Waals surface area contributed by atoms with Crippen molar-refractivity contribution in [3.8, 4) is 5.75 Å². The monoisotopic (exact) mass is 423 g/mol. The van der Waals surface area contributed by atoms with Gasteiger partial charge in [0.25, 0.3) is 5.91 Å². The molecular weight excluding hydrogens is 390 g/mol. The summed E-state index contributed by atoms with van der Waals surface area (Å²) in [6.45, 7) is 4.36. The summed E-state index contributed by atoms with van der Waals surface area (Å²) in [7, 11) is 1.85. The van der Waals surface area contributed by atoms with E-state index >= 15 is 0 Å². The third-order valence-corrected chi connectivity index (χ3v) is 6.15. The molecule has 2 aliphatic rings. The third-order valence-electron chi connectivity index (χ3n) is 6.15. The lowest BCUT2D eigenvalue weighted by atomic mass is 10.1. The molecule has 0 spiro atoms. The molecule has 0 bridgehead atoms. The molecule has 166 valence electrons. The van der Waals surface area contributed by atoms with Crippen LogP contribution in [0.1, 0.15) is 48.2 Å². The van der Waals surface area contributed by atoms with Crippen LogP contribution in [0.4, 0.5) is 0 Å².